The van der Waals surface area contributed by atoms with Gasteiger partial charge in [0.05, 0.1) is 5.92 Å². The first-order valence-corrected chi connectivity index (χ1v) is 14.5. The van der Waals surface area contributed by atoms with Crippen molar-refractivity contribution in [1.29, 1.82) is 0 Å². The van der Waals surface area contributed by atoms with Gasteiger partial charge in [-0.1, -0.05) is 123 Å². The minimum absolute atomic E-state index is 0.0150. The molecule has 0 saturated heterocycles. The molecule has 4 aromatic carbocycles. The summed E-state index contributed by atoms with van der Waals surface area (Å²) in [5.74, 6) is -1.36. The van der Waals surface area contributed by atoms with Crippen LogP contribution in [0.4, 0.5) is 0 Å². The number of aliphatic carboxylic acids is 1. The molecule has 0 radical (unpaired) electrons. The fraction of sp³-hybridized carbons (Fsp3) is 0.211. The third-order valence-electron chi connectivity index (χ3n) is 7.77. The molecule has 216 valence electrons. The van der Waals surface area contributed by atoms with Crippen molar-refractivity contribution >= 4 is 11.8 Å². The van der Waals surface area contributed by atoms with Crippen molar-refractivity contribution < 1.29 is 14.7 Å². The van der Waals surface area contributed by atoms with E-state index in [-0.39, 0.29) is 24.0 Å². The van der Waals surface area contributed by atoms with Crippen LogP contribution in [0, 0.1) is 12.8 Å². The van der Waals surface area contributed by atoms with E-state index < -0.39 is 11.9 Å². The van der Waals surface area contributed by atoms with Crippen LogP contribution in [-0.4, -0.2) is 26.8 Å². The summed E-state index contributed by atoms with van der Waals surface area (Å²) in [5, 5.41) is 9.85. The highest BCUT2D eigenvalue weighted by atomic mass is 16.4. The fourth-order valence-electron chi connectivity index (χ4n) is 5.12. The van der Waals surface area contributed by atoms with Gasteiger partial charge in [-0.05, 0) is 46.6 Å². The number of benzene rings is 4. The molecule has 0 aliphatic rings. The Morgan fingerprint density at radius 3 is 1.86 bits per heavy atom. The first-order valence-electron chi connectivity index (χ1n) is 14.5. The average molecular weight is 569 g/mol. The summed E-state index contributed by atoms with van der Waals surface area (Å²) in [6.45, 7) is 8.43. The van der Waals surface area contributed by atoms with Crippen molar-refractivity contribution in [3.05, 3.63) is 132 Å². The number of aryl methyl sites for hydroxylation is 1. The lowest BCUT2D eigenvalue weighted by Gasteiger charge is -2.19. The number of nitrogens with zero attached hydrogens (tertiary/aromatic N) is 2. The summed E-state index contributed by atoms with van der Waals surface area (Å²) in [5.41, 5.74) is 8.89. The third-order valence-corrected chi connectivity index (χ3v) is 7.77. The van der Waals surface area contributed by atoms with Crippen molar-refractivity contribution in [2.75, 3.05) is 0 Å². The highest BCUT2D eigenvalue weighted by Crippen LogP contribution is 2.27. The largest absolute Gasteiger partial charge is 0.481 e. The minimum Gasteiger partial charge on any atom is -0.481 e. The molecule has 0 amide bonds. The van der Waals surface area contributed by atoms with E-state index in [1.165, 1.54) is 11.1 Å². The third kappa shape index (κ3) is 7.31. The van der Waals surface area contributed by atoms with E-state index in [1.54, 1.807) is 12.1 Å². The Morgan fingerprint density at radius 2 is 1.30 bits per heavy atom. The van der Waals surface area contributed by atoms with E-state index in [0.717, 1.165) is 33.4 Å². The summed E-state index contributed by atoms with van der Waals surface area (Å²) in [4.78, 5) is 34.1. The van der Waals surface area contributed by atoms with Crippen molar-refractivity contribution in [1.82, 2.24) is 9.97 Å². The lowest BCUT2D eigenvalue weighted by atomic mass is 9.86. The monoisotopic (exact) mass is 568 g/mol. The van der Waals surface area contributed by atoms with Crippen LogP contribution in [0.2, 0.25) is 0 Å². The Balaban J connectivity index is 1.23. The van der Waals surface area contributed by atoms with Crippen LogP contribution in [0.25, 0.3) is 33.6 Å². The molecule has 0 saturated carbocycles. The number of Topliss-reactive ketones (excluding diaryl/α,β-unsaturated/α-hetero) is 1. The molecule has 0 aliphatic carbocycles. The van der Waals surface area contributed by atoms with Gasteiger partial charge in [-0.3, -0.25) is 9.59 Å². The van der Waals surface area contributed by atoms with Gasteiger partial charge < -0.3 is 5.11 Å². The van der Waals surface area contributed by atoms with E-state index in [2.05, 4.69) is 86.2 Å². The highest BCUT2D eigenvalue weighted by molar-refractivity contribution is 5.98. The Bertz CT molecular complexity index is 1720. The van der Waals surface area contributed by atoms with Crippen LogP contribution in [0.15, 0.2) is 109 Å². The second-order valence-electron chi connectivity index (χ2n) is 12.1. The molecule has 43 heavy (non-hydrogen) atoms. The summed E-state index contributed by atoms with van der Waals surface area (Å²) in [6.07, 6.45) is 3.85. The van der Waals surface area contributed by atoms with Crippen LogP contribution < -0.4 is 0 Å². The van der Waals surface area contributed by atoms with Gasteiger partial charge in [0.15, 0.2) is 11.6 Å². The van der Waals surface area contributed by atoms with Crippen molar-refractivity contribution in [3.8, 4) is 33.6 Å². The van der Waals surface area contributed by atoms with Gasteiger partial charge in [-0.15, -0.1) is 0 Å². The molecule has 5 rings (SSSR count). The molecule has 5 aromatic rings. The van der Waals surface area contributed by atoms with Crippen molar-refractivity contribution in [2.24, 2.45) is 5.92 Å². The first-order chi connectivity index (χ1) is 20.6. The molecule has 1 N–H and O–H groups in total. The maximum atomic E-state index is 12.9. The number of ketones is 1. The lowest BCUT2D eigenvalue weighted by molar-refractivity contribution is -0.141. The van der Waals surface area contributed by atoms with Gasteiger partial charge in [-0.2, -0.15) is 0 Å². The second kappa shape index (κ2) is 12.5. The lowest BCUT2D eigenvalue weighted by Crippen LogP contribution is -2.20. The minimum atomic E-state index is -0.977. The molecular formula is C38H36N2O3. The smallest absolute Gasteiger partial charge is 0.307 e. The molecule has 1 atom stereocenters. The molecule has 0 bridgehead atoms. The zero-order valence-corrected chi connectivity index (χ0v) is 25.0. The van der Waals surface area contributed by atoms with Crippen LogP contribution in [0.5, 0.6) is 0 Å². The Kier molecular flexibility index (Phi) is 8.63. The topological polar surface area (TPSA) is 80.2 Å². The molecular weight excluding hydrogens is 532 g/mol. The molecule has 0 fully saturated rings. The number of aromatic nitrogens is 2. The maximum absolute atomic E-state index is 12.9. The molecule has 1 aromatic heterocycles. The van der Waals surface area contributed by atoms with E-state index in [1.807, 2.05) is 48.8 Å². The van der Waals surface area contributed by atoms with Gasteiger partial charge >= 0.3 is 5.97 Å². The van der Waals surface area contributed by atoms with E-state index >= 15 is 0 Å². The number of carbonyl (C=O) groups is 2. The van der Waals surface area contributed by atoms with Gasteiger partial charge in [0.2, 0.25) is 0 Å². The van der Waals surface area contributed by atoms with Crippen LogP contribution in [0.1, 0.15) is 54.2 Å². The Hall–Kier alpha value is -4.90. The number of hydrogen-bond acceptors (Lipinski definition) is 4. The Morgan fingerprint density at radius 1 is 0.721 bits per heavy atom. The zero-order valence-electron chi connectivity index (χ0n) is 25.0. The number of rotatable bonds is 9. The molecule has 5 nitrogen and oxygen atoms in total. The van der Waals surface area contributed by atoms with Gasteiger partial charge in [0.25, 0.3) is 0 Å². The van der Waals surface area contributed by atoms with Gasteiger partial charge in [0.1, 0.15) is 0 Å². The molecule has 5 heteroatoms. The first kappa shape index (κ1) is 29.6. The number of carboxylic acids is 1. The summed E-state index contributed by atoms with van der Waals surface area (Å²) in [6, 6.07) is 31.9. The maximum Gasteiger partial charge on any atom is 0.307 e. The summed E-state index contributed by atoms with van der Waals surface area (Å²) < 4.78 is 0. The molecule has 0 aliphatic heterocycles. The predicted molar refractivity (Wildman–Crippen MR) is 172 cm³/mol. The average Bonchev–Trinajstić information content (AvgIpc) is 3.01. The number of carbonyl (C=O) groups excluding carboxylic acids is 1. The zero-order chi connectivity index (χ0) is 30.6. The second-order valence-corrected chi connectivity index (χ2v) is 12.1. The Labute approximate surface area is 253 Å². The van der Waals surface area contributed by atoms with E-state index in [4.69, 9.17) is 0 Å². The number of carboxylic acid groups (broad SMARTS) is 1. The van der Waals surface area contributed by atoms with Crippen molar-refractivity contribution in [2.45, 2.75) is 46.0 Å². The SMILES string of the molecule is Cc1cccc(-c2ccc(-c3cnc(-c4ccc(C[C@H](CC(=O)c5ccc(C(C)(C)C)cc5)C(=O)O)cc4)nc3)cc2)c1. The highest BCUT2D eigenvalue weighted by Gasteiger charge is 2.23. The van der Waals surface area contributed by atoms with Crippen LogP contribution >= 0.6 is 0 Å². The molecule has 1 heterocycles. The van der Waals surface area contributed by atoms with Crippen LogP contribution in [0.3, 0.4) is 0 Å². The van der Waals surface area contributed by atoms with Gasteiger partial charge in [0, 0.05) is 35.5 Å². The van der Waals surface area contributed by atoms with Gasteiger partial charge in [-0.25, -0.2) is 9.97 Å². The normalized spacial score (nSPS) is 12.1. The number of hydrogen-bond donors (Lipinski definition) is 1. The van der Waals surface area contributed by atoms with E-state index in [0.29, 0.717) is 11.4 Å². The van der Waals surface area contributed by atoms with Crippen molar-refractivity contribution in [3.63, 3.8) is 0 Å². The quantitative estimate of drug-likeness (QED) is 0.180. The molecule has 0 spiro atoms. The van der Waals surface area contributed by atoms with E-state index in [9.17, 15) is 14.7 Å². The predicted octanol–water partition coefficient (Wildman–Crippen LogP) is 8.60. The standard InChI is InChI=1S/C38H36N2O3/c1-25-6-5-7-31(20-25)27-12-14-28(15-13-27)33-23-39-36(40-24-33)30-10-8-26(9-11-30)21-32(37(42)43)22-35(41)29-16-18-34(19-17-29)38(2,3)4/h5-20,23-24,32H,21-22H2,1-4H3,(H,42,43)/t32-/m1/s1. The van der Waals surface area contributed by atoms with Crippen LogP contribution in [-0.2, 0) is 16.6 Å². The fourth-order valence-corrected chi connectivity index (χ4v) is 5.12. The molecule has 0 unspecified atom stereocenters. The summed E-state index contributed by atoms with van der Waals surface area (Å²) in [7, 11) is 0. The summed E-state index contributed by atoms with van der Waals surface area (Å²) >= 11 is 0.